The van der Waals surface area contributed by atoms with Crippen LogP contribution < -0.4 is 9.80 Å². The van der Waals surface area contributed by atoms with Crippen molar-refractivity contribution in [2.45, 2.75) is 18.9 Å². The summed E-state index contributed by atoms with van der Waals surface area (Å²) < 4.78 is 11.3. The molecule has 3 aromatic rings. The molecule has 2 aliphatic heterocycles. The van der Waals surface area contributed by atoms with Gasteiger partial charge in [-0.25, -0.2) is 15.0 Å². The van der Waals surface area contributed by atoms with Crippen LogP contribution in [-0.4, -0.2) is 61.5 Å². The summed E-state index contributed by atoms with van der Waals surface area (Å²) in [7, 11) is 1.79. The Hall–Kier alpha value is -2.29. The number of hydrogen-bond donors (Lipinski definition) is 0. The first-order valence-corrected chi connectivity index (χ1v) is 11.5. The molecule has 2 fully saturated rings. The minimum absolute atomic E-state index is 0.0359. The van der Waals surface area contributed by atoms with E-state index in [1.807, 2.05) is 11.6 Å². The molecule has 5 rings (SSSR count). The predicted molar refractivity (Wildman–Crippen MR) is 119 cm³/mol. The number of anilines is 2. The summed E-state index contributed by atoms with van der Waals surface area (Å²) in [5, 5.41) is 4.19. The highest BCUT2D eigenvalue weighted by Crippen LogP contribution is 2.36. The molecule has 0 bridgehead atoms. The molecule has 30 heavy (non-hydrogen) atoms. The van der Waals surface area contributed by atoms with Crippen LogP contribution in [0.2, 0.25) is 0 Å². The lowest BCUT2D eigenvalue weighted by molar-refractivity contribution is 0.0447. The number of hydrogen-bond acceptors (Lipinski definition) is 8. The highest BCUT2D eigenvalue weighted by molar-refractivity contribution is 7.09. The summed E-state index contributed by atoms with van der Waals surface area (Å²) in [6.45, 7) is 5.32. The standard InChI is InChI=1S/C22H27N5O2S/c1-28-20(22-23-6-12-30-22)16-3-2-7-27(14-16)21-18-5-4-17(13-19(18)24-15-25-21)26-8-10-29-11-9-26/h4-6,12-13,15-16,20H,2-3,7-11,14H2,1H3. The molecule has 1 aromatic carbocycles. The van der Waals surface area contributed by atoms with Crippen molar-refractivity contribution in [2.24, 2.45) is 5.92 Å². The number of morpholine rings is 1. The second-order valence-electron chi connectivity index (χ2n) is 7.87. The minimum Gasteiger partial charge on any atom is -0.378 e. The fourth-order valence-corrected chi connectivity index (χ4v) is 5.43. The Labute approximate surface area is 180 Å². The number of rotatable bonds is 5. The van der Waals surface area contributed by atoms with E-state index in [-0.39, 0.29) is 6.10 Å². The van der Waals surface area contributed by atoms with Gasteiger partial charge in [-0.1, -0.05) is 0 Å². The number of piperidine rings is 1. The fourth-order valence-electron chi connectivity index (χ4n) is 4.62. The Morgan fingerprint density at radius 1 is 1.13 bits per heavy atom. The smallest absolute Gasteiger partial charge is 0.139 e. The second-order valence-corrected chi connectivity index (χ2v) is 8.80. The van der Waals surface area contributed by atoms with Crippen LogP contribution in [0.3, 0.4) is 0 Å². The predicted octanol–water partition coefficient (Wildman–Crippen LogP) is 3.53. The van der Waals surface area contributed by atoms with E-state index < -0.39 is 0 Å². The number of aromatic nitrogens is 3. The minimum atomic E-state index is 0.0359. The van der Waals surface area contributed by atoms with Gasteiger partial charge in [0.1, 0.15) is 23.3 Å². The molecule has 2 atom stereocenters. The van der Waals surface area contributed by atoms with E-state index in [1.54, 1.807) is 24.8 Å². The molecule has 0 radical (unpaired) electrons. The van der Waals surface area contributed by atoms with Gasteiger partial charge in [0.15, 0.2) is 0 Å². The molecule has 0 N–H and O–H groups in total. The van der Waals surface area contributed by atoms with Crippen molar-refractivity contribution in [3.63, 3.8) is 0 Å². The zero-order valence-corrected chi connectivity index (χ0v) is 18.1. The second kappa shape index (κ2) is 8.83. The molecule has 0 saturated carbocycles. The number of fused-ring (bicyclic) bond motifs is 1. The van der Waals surface area contributed by atoms with Crippen molar-refractivity contribution in [1.82, 2.24) is 15.0 Å². The topological polar surface area (TPSA) is 63.6 Å². The number of methoxy groups -OCH3 is 1. The maximum Gasteiger partial charge on any atom is 0.139 e. The van der Waals surface area contributed by atoms with Gasteiger partial charge in [-0.2, -0.15) is 0 Å². The first kappa shape index (κ1) is 19.7. The van der Waals surface area contributed by atoms with Crippen LogP contribution in [-0.2, 0) is 9.47 Å². The third-order valence-corrected chi connectivity index (χ3v) is 6.95. The Kier molecular flexibility index (Phi) is 5.79. The molecule has 0 spiro atoms. The molecule has 2 unspecified atom stereocenters. The fraction of sp³-hybridized carbons (Fsp3) is 0.500. The molecule has 7 nitrogen and oxygen atoms in total. The molecule has 158 valence electrons. The normalized spacial score (nSPS) is 21.2. The highest BCUT2D eigenvalue weighted by atomic mass is 32.1. The van der Waals surface area contributed by atoms with Crippen LogP contribution in [0.25, 0.3) is 10.9 Å². The van der Waals surface area contributed by atoms with Gasteiger partial charge in [0.25, 0.3) is 0 Å². The van der Waals surface area contributed by atoms with E-state index in [0.29, 0.717) is 5.92 Å². The van der Waals surface area contributed by atoms with Crippen molar-refractivity contribution in [2.75, 3.05) is 56.3 Å². The van der Waals surface area contributed by atoms with Crippen LogP contribution in [0.1, 0.15) is 24.0 Å². The first-order chi connectivity index (χ1) is 14.8. The summed E-state index contributed by atoms with van der Waals surface area (Å²) in [5.41, 5.74) is 2.20. The number of ether oxygens (including phenoxy) is 2. The summed E-state index contributed by atoms with van der Waals surface area (Å²) in [6.07, 6.45) is 5.84. The van der Waals surface area contributed by atoms with Crippen LogP contribution in [0.15, 0.2) is 36.1 Å². The van der Waals surface area contributed by atoms with E-state index in [9.17, 15) is 0 Å². The molecule has 2 aromatic heterocycles. The average Bonchev–Trinajstić information content (AvgIpc) is 3.34. The van der Waals surface area contributed by atoms with Gasteiger partial charge >= 0.3 is 0 Å². The van der Waals surface area contributed by atoms with Crippen LogP contribution in [0, 0.1) is 5.92 Å². The van der Waals surface area contributed by atoms with Crippen molar-refractivity contribution in [3.8, 4) is 0 Å². The van der Waals surface area contributed by atoms with Crippen LogP contribution in [0.4, 0.5) is 11.5 Å². The van der Waals surface area contributed by atoms with Crippen molar-refractivity contribution < 1.29 is 9.47 Å². The van der Waals surface area contributed by atoms with Gasteiger partial charge in [-0.05, 0) is 31.0 Å². The van der Waals surface area contributed by atoms with Crippen LogP contribution in [0.5, 0.6) is 0 Å². The Morgan fingerprint density at radius 3 is 2.83 bits per heavy atom. The molecule has 4 heterocycles. The molecule has 0 amide bonds. The van der Waals surface area contributed by atoms with Gasteiger partial charge < -0.3 is 19.3 Å². The van der Waals surface area contributed by atoms with Crippen LogP contribution >= 0.6 is 11.3 Å². The SMILES string of the molecule is COC(c1nccs1)C1CCCN(c2ncnc3cc(N4CCOCC4)ccc23)C1. The maximum absolute atomic E-state index is 5.86. The summed E-state index contributed by atoms with van der Waals surface area (Å²) in [4.78, 5) is 18.5. The number of thiazole rings is 1. The molecular formula is C22H27N5O2S. The quantitative estimate of drug-likeness (QED) is 0.620. The third kappa shape index (κ3) is 3.87. The third-order valence-electron chi connectivity index (χ3n) is 6.11. The van der Waals surface area contributed by atoms with Gasteiger partial charge in [-0.3, -0.25) is 0 Å². The zero-order chi connectivity index (χ0) is 20.3. The van der Waals surface area contributed by atoms with E-state index >= 15 is 0 Å². The molecule has 2 saturated heterocycles. The number of nitrogens with zero attached hydrogens (tertiary/aromatic N) is 5. The highest BCUT2D eigenvalue weighted by Gasteiger charge is 2.31. The molecule has 0 aliphatic carbocycles. The van der Waals surface area contributed by atoms with Crippen molar-refractivity contribution in [3.05, 3.63) is 41.1 Å². The summed E-state index contributed by atoms with van der Waals surface area (Å²) in [5.74, 6) is 1.42. The zero-order valence-electron chi connectivity index (χ0n) is 17.2. The summed E-state index contributed by atoms with van der Waals surface area (Å²) in [6, 6.07) is 6.55. The Morgan fingerprint density at radius 2 is 2.03 bits per heavy atom. The Balaban J connectivity index is 1.41. The monoisotopic (exact) mass is 425 g/mol. The average molecular weight is 426 g/mol. The van der Waals surface area contributed by atoms with Gasteiger partial charge in [-0.15, -0.1) is 11.3 Å². The molecular weight excluding hydrogens is 398 g/mol. The van der Waals surface area contributed by atoms with E-state index in [0.717, 1.165) is 74.0 Å². The largest absolute Gasteiger partial charge is 0.378 e. The molecule has 8 heteroatoms. The van der Waals surface area contributed by atoms with E-state index in [1.165, 1.54) is 5.69 Å². The molecule has 2 aliphatic rings. The van der Waals surface area contributed by atoms with E-state index in [4.69, 9.17) is 9.47 Å². The van der Waals surface area contributed by atoms with Gasteiger partial charge in [0, 0.05) is 61.9 Å². The van der Waals surface area contributed by atoms with Gasteiger partial charge in [0.05, 0.1) is 18.7 Å². The van der Waals surface area contributed by atoms with Crippen molar-refractivity contribution >= 4 is 33.7 Å². The lowest BCUT2D eigenvalue weighted by atomic mass is 9.92. The summed E-state index contributed by atoms with van der Waals surface area (Å²) >= 11 is 1.67. The number of benzene rings is 1. The van der Waals surface area contributed by atoms with E-state index in [2.05, 4.69) is 43.0 Å². The lowest BCUT2D eigenvalue weighted by Gasteiger charge is -2.36. The van der Waals surface area contributed by atoms with Gasteiger partial charge in [0.2, 0.25) is 0 Å². The first-order valence-electron chi connectivity index (χ1n) is 10.6. The Bertz CT molecular complexity index is 977. The lowest BCUT2D eigenvalue weighted by Crippen LogP contribution is -2.39. The maximum atomic E-state index is 5.86. The van der Waals surface area contributed by atoms with Crippen molar-refractivity contribution in [1.29, 1.82) is 0 Å².